The number of hydrogen-bond donors (Lipinski definition) is 2. The first-order chi connectivity index (χ1) is 9.69. The number of hydrogen-bond acceptors (Lipinski definition) is 5. The topological polar surface area (TPSA) is 75.4 Å². The third-order valence-corrected chi connectivity index (χ3v) is 3.75. The third kappa shape index (κ3) is 4.18. The van der Waals surface area contributed by atoms with Gasteiger partial charge in [-0.2, -0.15) is 0 Å². The molecule has 1 amide bonds. The number of aliphatic hydroxyl groups excluding tert-OH is 1. The summed E-state index contributed by atoms with van der Waals surface area (Å²) in [6.07, 6.45) is 2.62. The standard InChI is InChI=1S/C14H18N2O3S/c1-2-11(17)5-6-15-13(18)8-10-9-19-14(16-10)12-4-3-7-20-12/h3-4,7,9,11,17H,2,5-6,8H2,1H3,(H,15,18). The number of amides is 1. The van der Waals surface area contributed by atoms with Crippen molar-refractivity contribution in [2.45, 2.75) is 32.3 Å². The number of carbonyl (C=O) groups is 1. The van der Waals surface area contributed by atoms with Crippen molar-refractivity contribution in [2.24, 2.45) is 0 Å². The summed E-state index contributed by atoms with van der Waals surface area (Å²) in [5.41, 5.74) is 0.613. The van der Waals surface area contributed by atoms with Gasteiger partial charge in [0.15, 0.2) is 0 Å². The average Bonchev–Trinajstić information content (AvgIpc) is 3.08. The first kappa shape index (κ1) is 14.7. The molecule has 2 N–H and O–H groups in total. The lowest BCUT2D eigenvalue weighted by molar-refractivity contribution is -0.120. The van der Waals surface area contributed by atoms with Gasteiger partial charge in [-0.3, -0.25) is 4.79 Å². The van der Waals surface area contributed by atoms with E-state index in [1.807, 2.05) is 24.4 Å². The van der Waals surface area contributed by atoms with Gasteiger partial charge >= 0.3 is 0 Å². The van der Waals surface area contributed by atoms with Gasteiger partial charge in [0.05, 0.1) is 23.1 Å². The summed E-state index contributed by atoms with van der Waals surface area (Å²) in [4.78, 5) is 16.9. The van der Waals surface area contributed by atoms with Gasteiger partial charge in [-0.25, -0.2) is 4.98 Å². The van der Waals surface area contributed by atoms with Crippen molar-refractivity contribution in [3.63, 3.8) is 0 Å². The molecule has 0 spiro atoms. The van der Waals surface area contributed by atoms with Gasteiger partial charge in [0, 0.05) is 6.54 Å². The molecule has 0 aliphatic rings. The van der Waals surface area contributed by atoms with Crippen LogP contribution in [0.25, 0.3) is 10.8 Å². The first-order valence-corrected chi connectivity index (χ1v) is 7.50. The lowest BCUT2D eigenvalue weighted by Gasteiger charge is -2.07. The molecule has 0 saturated heterocycles. The molecule has 6 heteroatoms. The van der Waals surface area contributed by atoms with Crippen LogP contribution in [0.5, 0.6) is 0 Å². The van der Waals surface area contributed by atoms with Crippen LogP contribution in [-0.2, 0) is 11.2 Å². The zero-order valence-electron chi connectivity index (χ0n) is 11.3. The summed E-state index contributed by atoms with van der Waals surface area (Å²) >= 11 is 1.54. The zero-order valence-corrected chi connectivity index (χ0v) is 12.2. The van der Waals surface area contributed by atoms with Gasteiger partial charge in [-0.15, -0.1) is 11.3 Å². The van der Waals surface area contributed by atoms with Crippen LogP contribution in [0.3, 0.4) is 0 Å². The van der Waals surface area contributed by atoms with Crippen LogP contribution in [0.15, 0.2) is 28.2 Å². The van der Waals surface area contributed by atoms with E-state index >= 15 is 0 Å². The molecule has 2 rings (SSSR count). The number of thiophene rings is 1. The number of aliphatic hydroxyl groups is 1. The Morgan fingerprint density at radius 2 is 2.45 bits per heavy atom. The number of nitrogens with one attached hydrogen (secondary N) is 1. The van der Waals surface area contributed by atoms with Crippen molar-refractivity contribution < 1.29 is 14.3 Å². The second-order valence-corrected chi connectivity index (χ2v) is 5.45. The van der Waals surface area contributed by atoms with Crippen LogP contribution in [-0.4, -0.2) is 28.6 Å². The van der Waals surface area contributed by atoms with E-state index in [9.17, 15) is 9.90 Å². The number of rotatable bonds is 7. The second-order valence-electron chi connectivity index (χ2n) is 4.50. The number of oxazole rings is 1. The predicted molar refractivity (Wildman–Crippen MR) is 77.4 cm³/mol. The van der Waals surface area contributed by atoms with Gasteiger partial charge in [-0.1, -0.05) is 13.0 Å². The quantitative estimate of drug-likeness (QED) is 0.821. The maximum absolute atomic E-state index is 11.7. The highest BCUT2D eigenvalue weighted by molar-refractivity contribution is 7.13. The fourth-order valence-electron chi connectivity index (χ4n) is 1.71. The van der Waals surface area contributed by atoms with Gasteiger partial charge < -0.3 is 14.8 Å². The minimum atomic E-state index is -0.354. The Labute approximate surface area is 121 Å². The number of carbonyl (C=O) groups excluding carboxylic acids is 1. The maximum atomic E-state index is 11.7. The molecule has 1 atom stereocenters. The van der Waals surface area contributed by atoms with Gasteiger partial charge in [0.25, 0.3) is 0 Å². The van der Waals surface area contributed by atoms with Crippen molar-refractivity contribution in [1.29, 1.82) is 0 Å². The van der Waals surface area contributed by atoms with Crippen LogP contribution in [0.1, 0.15) is 25.5 Å². The Hall–Kier alpha value is -1.66. The summed E-state index contributed by atoms with van der Waals surface area (Å²) in [5, 5.41) is 14.1. The predicted octanol–water partition coefficient (Wildman–Crippen LogP) is 2.22. The van der Waals surface area contributed by atoms with Gasteiger partial charge in [0.1, 0.15) is 6.26 Å². The Balaban J connectivity index is 1.80. The smallest absolute Gasteiger partial charge is 0.236 e. The molecular formula is C14H18N2O3S. The number of nitrogens with zero attached hydrogens (tertiary/aromatic N) is 1. The minimum absolute atomic E-state index is 0.112. The van der Waals surface area contributed by atoms with Crippen molar-refractivity contribution in [3.8, 4) is 10.8 Å². The first-order valence-electron chi connectivity index (χ1n) is 6.62. The molecule has 2 aromatic heterocycles. The fourth-order valence-corrected chi connectivity index (χ4v) is 2.37. The van der Waals surface area contributed by atoms with Gasteiger partial charge in [0.2, 0.25) is 11.8 Å². The molecule has 0 saturated carbocycles. The molecule has 1 unspecified atom stereocenters. The third-order valence-electron chi connectivity index (χ3n) is 2.90. The summed E-state index contributed by atoms with van der Waals surface area (Å²) in [6.45, 7) is 2.39. The van der Waals surface area contributed by atoms with E-state index in [-0.39, 0.29) is 18.4 Å². The summed E-state index contributed by atoms with van der Waals surface area (Å²) in [5.74, 6) is 0.434. The fraction of sp³-hybridized carbons (Fsp3) is 0.429. The van der Waals surface area contributed by atoms with Crippen molar-refractivity contribution in [2.75, 3.05) is 6.54 Å². The van der Waals surface area contributed by atoms with Crippen molar-refractivity contribution in [1.82, 2.24) is 10.3 Å². The van der Waals surface area contributed by atoms with Crippen LogP contribution >= 0.6 is 11.3 Å². The maximum Gasteiger partial charge on any atom is 0.236 e. The van der Waals surface area contributed by atoms with E-state index in [1.165, 1.54) is 6.26 Å². The van der Waals surface area contributed by atoms with Crippen LogP contribution < -0.4 is 5.32 Å². The molecule has 0 aliphatic carbocycles. The molecule has 0 radical (unpaired) electrons. The van der Waals surface area contributed by atoms with E-state index in [0.717, 1.165) is 4.88 Å². The lowest BCUT2D eigenvalue weighted by Crippen LogP contribution is -2.28. The Morgan fingerprint density at radius 3 is 3.15 bits per heavy atom. The molecule has 2 heterocycles. The molecule has 20 heavy (non-hydrogen) atoms. The van der Waals surface area contributed by atoms with Crippen LogP contribution in [0, 0.1) is 0 Å². The second kappa shape index (κ2) is 7.21. The highest BCUT2D eigenvalue weighted by Crippen LogP contribution is 2.23. The van der Waals surface area contributed by atoms with Crippen LogP contribution in [0.2, 0.25) is 0 Å². The number of aromatic nitrogens is 1. The molecule has 0 fully saturated rings. The molecule has 108 valence electrons. The highest BCUT2D eigenvalue weighted by atomic mass is 32.1. The summed E-state index contributed by atoms with van der Waals surface area (Å²) < 4.78 is 5.35. The van der Waals surface area contributed by atoms with Crippen molar-refractivity contribution >= 4 is 17.2 Å². The van der Waals surface area contributed by atoms with E-state index in [0.29, 0.717) is 31.0 Å². The minimum Gasteiger partial charge on any atom is -0.444 e. The van der Waals surface area contributed by atoms with E-state index in [4.69, 9.17) is 4.42 Å². The van der Waals surface area contributed by atoms with E-state index < -0.39 is 0 Å². The average molecular weight is 294 g/mol. The van der Waals surface area contributed by atoms with E-state index in [1.54, 1.807) is 11.3 Å². The SMILES string of the molecule is CCC(O)CCNC(=O)Cc1coc(-c2cccs2)n1. The van der Waals surface area contributed by atoms with Crippen LogP contribution in [0.4, 0.5) is 0 Å². The lowest BCUT2D eigenvalue weighted by atomic mass is 10.2. The Kier molecular flexibility index (Phi) is 5.31. The highest BCUT2D eigenvalue weighted by Gasteiger charge is 2.11. The molecule has 0 bridgehead atoms. The van der Waals surface area contributed by atoms with Gasteiger partial charge in [-0.05, 0) is 24.3 Å². The molecule has 2 aromatic rings. The molecule has 0 aromatic carbocycles. The van der Waals surface area contributed by atoms with E-state index in [2.05, 4.69) is 10.3 Å². The zero-order chi connectivity index (χ0) is 14.4. The normalized spacial score (nSPS) is 12.3. The molecule has 0 aliphatic heterocycles. The Bertz CT molecular complexity index is 536. The summed E-state index contributed by atoms with van der Waals surface area (Å²) in [6, 6.07) is 3.85. The summed E-state index contributed by atoms with van der Waals surface area (Å²) in [7, 11) is 0. The Morgan fingerprint density at radius 1 is 1.60 bits per heavy atom. The monoisotopic (exact) mass is 294 g/mol. The molecule has 5 nitrogen and oxygen atoms in total. The largest absolute Gasteiger partial charge is 0.444 e. The molecular weight excluding hydrogens is 276 g/mol. The van der Waals surface area contributed by atoms with Crippen molar-refractivity contribution in [3.05, 3.63) is 29.5 Å².